The summed E-state index contributed by atoms with van der Waals surface area (Å²) in [6.07, 6.45) is 3.64. The Labute approximate surface area is 91.4 Å². The highest BCUT2D eigenvalue weighted by Crippen LogP contribution is 2.20. The molecule has 0 radical (unpaired) electrons. The van der Waals surface area contributed by atoms with Crippen LogP contribution in [0.4, 0.5) is 0 Å². The third-order valence-electron chi connectivity index (χ3n) is 1.70. The molecule has 4 heteroatoms. The van der Waals surface area contributed by atoms with Gasteiger partial charge in [0.1, 0.15) is 0 Å². The number of halogens is 2. The number of alkyl halides is 1. The predicted molar refractivity (Wildman–Crippen MR) is 57.9 cm³/mol. The summed E-state index contributed by atoms with van der Waals surface area (Å²) in [5, 5.41) is 1.69. The van der Waals surface area contributed by atoms with Gasteiger partial charge in [0.15, 0.2) is 0 Å². The van der Waals surface area contributed by atoms with Crippen LogP contribution in [0.15, 0.2) is 12.3 Å². The van der Waals surface area contributed by atoms with Crippen molar-refractivity contribution in [2.45, 2.75) is 12.8 Å². The average molecular weight is 265 g/mol. The molecule has 1 aromatic rings. The van der Waals surface area contributed by atoms with E-state index in [1.54, 1.807) is 13.3 Å². The van der Waals surface area contributed by atoms with Gasteiger partial charge in [0.25, 0.3) is 0 Å². The topological polar surface area (TPSA) is 22.1 Å². The van der Waals surface area contributed by atoms with Gasteiger partial charge in [-0.25, -0.2) is 4.98 Å². The van der Waals surface area contributed by atoms with Gasteiger partial charge in [-0.15, -0.1) is 0 Å². The normalized spacial score (nSPS) is 10.1. The van der Waals surface area contributed by atoms with Crippen molar-refractivity contribution < 1.29 is 4.74 Å². The SMILES string of the molecule is COc1cc(CCCBr)c(Cl)cn1. The van der Waals surface area contributed by atoms with Crippen molar-refractivity contribution in [1.82, 2.24) is 4.98 Å². The van der Waals surface area contributed by atoms with Crippen LogP contribution >= 0.6 is 27.5 Å². The van der Waals surface area contributed by atoms with E-state index in [0.717, 1.165) is 23.7 Å². The van der Waals surface area contributed by atoms with Crippen LogP contribution in [0.3, 0.4) is 0 Å². The van der Waals surface area contributed by atoms with E-state index >= 15 is 0 Å². The van der Waals surface area contributed by atoms with Crippen molar-refractivity contribution in [3.8, 4) is 5.88 Å². The number of aromatic nitrogens is 1. The Morgan fingerprint density at radius 2 is 2.38 bits per heavy atom. The zero-order valence-electron chi connectivity index (χ0n) is 7.39. The molecule has 0 fully saturated rings. The summed E-state index contributed by atoms with van der Waals surface area (Å²) < 4.78 is 5.01. The number of methoxy groups -OCH3 is 1. The van der Waals surface area contributed by atoms with Crippen molar-refractivity contribution in [2.75, 3.05) is 12.4 Å². The maximum atomic E-state index is 5.96. The minimum atomic E-state index is 0.619. The molecule has 2 nitrogen and oxygen atoms in total. The molecule has 13 heavy (non-hydrogen) atoms. The smallest absolute Gasteiger partial charge is 0.213 e. The van der Waals surface area contributed by atoms with Gasteiger partial charge in [0, 0.05) is 17.6 Å². The van der Waals surface area contributed by atoms with Crippen LogP contribution in [0, 0.1) is 0 Å². The first-order chi connectivity index (χ1) is 6.27. The molecule has 0 amide bonds. The fourth-order valence-electron chi connectivity index (χ4n) is 1.02. The van der Waals surface area contributed by atoms with Gasteiger partial charge >= 0.3 is 0 Å². The Morgan fingerprint density at radius 3 is 3.00 bits per heavy atom. The number of ether oxygens (including phenoxy) is 1. The van der Waals surface area contributed by atoms with E-state index in [9.17, 15) is 0 Å². The van der Waals surface area contributed by atoms with Crippen molar-refractivity contribution in [3.05, 3.63) is 22.8 Å². The van der Waals surface area contributed by atoms with Crippen LogP contribution in [0.5, 0.6) is 5.88 Å². The summed E-state index contributed by atoms with van der Waals surface area (Å²) in [5.74, 6) is 0.619. The number of aryl methyl sites for hydroxylation is 1. The van der Waals surface area contributed by atoms with E-state index in [0.29, 0.717) is 10.9 Å². The van der Waals surface area contributed by atoms with Gasteiger partial charge in [-0.05, 0) is 18.4 Å². The Balaban J connectivity index is 2.78. The van der Waals surface area contributed by atoms with Gasteiger partial charge in [-0.3, -0.25) is 0 Å². The summed E-state index contributed by atoms with van der Waals surface area (Å²) in [5.41, 5.74) is 1.09. The molecule has 0 aliphatic rings. The fraction of sp³-hybridized carbons (Fsp3) is 0.444. The Hall–Kier alpha value is -0.280. The van der Waals surface area contributed by atoms with E-state index in [-0.39, 0.29) is 0 Å². The Bertz CT molecular complexity index is 280. The standard InChI is InChI=1S/C9H11BrClNO/c1-13-9-5-7(3-2-4-10)8(11)6-12-9/h5-6H,2-4H2,1H3. The summed E-state index contributed by atoms with van der Waals surface area (Å²) in [4.78, 5) is 4.00. The van der Waals surface area contributed by atoms with E-state index < -0.39 is 0 Å². The highest BCUT2D eigenvalue weighted by atomic mass is 79.9. The summed E-state index contributed by atoms with van der Waals surface area (Å²) in [7, 11) is 1.60. The lowest BCUT2D eigenvalue weighted by molar-refractivity contribution is 0.397. The average Bonchev–Trinajstić information content (AvgIpc) is 2.17. The van der Waals surface area contributed by atoms with Crippen molar-refractivity contribution in [3.63, 3.8) is 0 Å². The van der Waals surface area contributed by atoms with E-state index in [1.807, 2.05) is 6.07 Å². The largest absolute Gasteiger partial charge is 0.481 e. The van der Waals surface area contributed by atoms with E-state index in [4.69, 9.17) is 16.3 Å². The van der Waals surface area contributed by atoms with Crippen molar-refractivity contribution >= 4 is 27.5 Å². The second kappa shape index (κ2) is 5.45. The van der Waals surface area contributed by atoms with Gasteiger partial charge in [0.2, 0.25) is 5.88 Å². The Morgan fingerprint density at radius 1 is 1.62 bits per heavy atom. The van der Waals surface area contributed by atoms with Crippen LogP contribution < -0.4 is 4.74 Å². The monoisotopic (exact) mass is 263 g/mol. The lowest BCUT2D eigenvalue weighted by atomic mass is 10.1. The first-order valence-electron chi connectivity index (χ1n) is 4.02. The highest BCUT2D eigenvalue weighted by Gasteiger charge is 2.02. The molecule has 0 atom stereocenters. The number of nitrogens with zero attached hydrogens (tertiary/aromatic N) is 1. The van der Waals surface area contributed by atoms with Crippen molar-refractivity contribution in [2.24, 2.45) is 0 Å². The molecular formula is C9H11BrClNO. The second-order valence-corrected chi connectivity index (χ2v) is 3.81. The number of pyridine rings is 1. The minimum Gasteiger partial charge on any atom is -0.481 e. The molecule has 1 aromatic heterocycles. The van der Waals surface area contributed by atoms with E-state index in [2.05, 4.69) is 20.9 Å². The molecule has 0 aromatic carbocycles. The summed E-state index contributed by atoms with van der Waals surface area (Å²) in [6, 6.07) is 1.88. The first kappa shape index (κ1) is 10.8. The third-order valence-corrected chi connectivity index (χ3v) is 2.60. The molecule has 0 spiro atoms. The molecule has 1 rings (SSSR count). The number of hydrogen-bond donors (Lipinski definition) is 0. The molecule has 0 saturated carbocycles. The molecule has 0 bridgehead atoms. The van der Waals surface area contributed by atoms with Crippen molar-refractivity contribution in [1.29, 1.82) is 0 Å². The first-order valence-corrected chi connectivity index (χ1v) is 5.52. The quantitative estimate of drug-likeness (QED) is 0.780. The number of rotatable bonds is 4. The van der Waals surface area contributed by atoms with E-state index in [1.165, 1.54) is 0 Å². The zero-order chi connectivity index (χ0) is 9.68. The lowest BCUT2D eigenvalue weighted by Crippen LogP contribution is -1.92. The van der Waals surface area contributed by atoms with Gasteiger partial charge in [-0.1, -0.05) is 27.5 Å². The molecule has 0 N–H and O–H groups in total. The molecule has 0 aliphatic carbocycles. The minimum absolute atomic E-state index is 0.619. The lowest BCUT2D eigenvalue weighted by Gasteiger charge is -2.04. The van der Waals surface area contributed by atoms with Gasteiger partial charge in [0.05, 0.1) is 12.1 Å². The maximum absolute atomic E-state index is 5.96. The maximum Gasteiger partial charge on any atom is 0.213 e. The van der Waals surface area contributed by atoms with Crippen LogP contribution in [-0.4, -0.2) is 17.4 Å². The third kappa shape index (κ3) is 3.16. The molecule has 0 aliphatic heterocycles. The van der Waals surface area contributed by atoms with Gasteiger partial charge < -0.3 is 4.74 Å². The molecule has 1 heterocycles. The van der Waals surface area contributed by atoms with Crippen LogP contribution in [0.1, 0.15) is 12.0 Å². The summed E-state index contributed by atoms with van der Waals surface area (Å²) >= 11 is 9.33. The highest BCUT2D eigenvalue weighted by molar-refractivity contribution is 9.09. The fourth-order valence-corrected chi connectivity index (χ4v) is 1.50. The zero-order valence-corrected chi connectivity index (χ0v) is 9.73. The summed E-state index contributed by atoms with van der Waals surface area (Å²) in [6.45, 7) is 0. The molecule has 0 unspecified atom stereocenters. The molecule has 0 saturated heterocycles. The molecular weight excluding hydrogens is 253 g/mol. The van der Waals surface area contributed by atoms with Crippen LogP contribution in [0.25, 0.3) is 0 Å². The number of hydrogen-bond acceptors (Lipinski definition) is 2. The Kier molecular flexibility index (Phi) is 4.53. The molecule has 72 valence electrons. The second-order valence-electron chi connectivity index (χ2n) is 2.61. The predicted octanol–water partition coefficient (Wildman–Crippen LogP) is 3.07. The van der Waals surface area contributed by atoms with Crippen LogP contribution in [-0.2, 0) is 6.42 Å². The van der Waals surface area contributed by atoms with Crippen LogP contribution in [0.2, 0.25) is 5.02 Å². The van der Waals surface area contributed by atoms with Gasteiger partial charge in [-0.2, -0.15) is 0 Å².